The van der Waals surface area contributed by atoms with E-state index in [-0.39, 0.29) is 25.9 Å². The second kappa shape index (κ2) is 5.69. The lowest BCUT2D eigenvalue weighted by Gasteiger charge is -2.39. The van der Waals surface area contributed by atoms with Gasteiger partial charge in [-0.3, -0.25) is 0 Å². The molecule has 0 atom stereocenters. The Hall–Kier alpha value is -0.800. The number of rotatable bonds is 4. The number of unbranched alkanes of at least 4 members (excludes halogenated alkanes) is 2. The second-order valence-electron chi connectivity index (χ2n) is 4.49. The van der Waals surface area contributed by atoms with E-state index in [1.807, 2.05) is 11.0 Å². The molecule has 0 aliphatic carbocycles. The van der Waals surface area contributed by atoms with Crippen molar-refractivity contribution in [3.8, 4) is 6.07 Å². The lowest BCUT2D eigenvalue weighted by molar-refractivity contribution is -0.272. The lowest BCUT2D eigenvalue weighted by Crippen LogP contribution is -2.53. The molecule has 1 N–H and O–H groups in total. The van der Waals surface area contributed by atoms with Gasteiger partial charge in [0.15, 0.2) is 5.60 Å². The van der Waals surface area contributed by atoms with Gasteiger partial charge in [-0.1, -0.05) is 0 Å². The van der Waals surface area contributed by atoms with Crippen LogP contribution in [0.25, 0.3) is 0 Å². The van der Waals surface area contributed by atoms with Gasteiger partial charge in [-0.15, -0.1) is 0 Å². The van der Waals surface area contributed by atoms with E-state index in [1.54, 1.807) is 0 Å². The van der Waals surface area contributed by atoms with Crippen molar-refractivity contribution in [2.24, 2.45) is 0 Å². The zero-order valence-corrected chi connectivity index (χ0v) is 9.63. The summed E-state index contributed by atoms with van der Waals surface area (Å²) in [6.07, 6.45) is -2.96. The first-order chi connectivity index (χ1) is 7.89. The van der Waals surface area contributed by atoms with E-state index in [9.17, 15) is 18.3 Å². The number of hydrogen-bond acceptors (Lipinski definition) is 3. The van der Waals surface area contributed by atoms with Gasteiger partial charge in [-0.25, -0.2) is 0 Å². The molecule has 0 aromatic carbocycles. The molecular weight excluding hydrogens is 233 g/mol. The predicted molar refractivity (Wildman–Crippen MR) is 56.1 cm³/mol. The van der Waals surface area contributed by atoms with Crippen LogP contribution in [0.1, 0.15) is 32.1 Å². The predicted octanol–water partition coefficient (Wildman–Crippen LogP) is 2.07. The molecule has 0 bridgehead atoms. The summed E-state index contributed by atoms with van der Waals surface area (Å²) in [4.78, 5) is 1.91. The van der Waals surface area contributed by atoms with Crippen LogP contribution in [0.4, 0.5) is 13.2 Å². The minimum atomic E-state index is -4.53. The second-order valence-corrected chi connectivity index (χ2v) is 4.49. The standard InChI is InChI=1S/C11H17F3N2O/c12-11(13,14)10(17)4-8-16(9-5-10)7-3-1-2-6-15/h17H,1-5,7-9H2. The molecule has 3 nitrogen and oxygen atoms in total. The Morgan fingerprint density at radius 1 is 1.24 bits per heavy atom. The molecule has 0 amide bonds. The number of nitrogens with zero attached hydrogens (tertiary/aromatic N) is 2. The zero-order valence-electron chi connectivity index (χ0n) is 9.63. The summed E-state index contributed by atoms with van der Waals surface area (Å²) in [7, 11) is 0. The Kier molecular flexibility index (Phi) is 4.78. The van der Waals surface area contributed by atoms with Crippen molar-refractivity contribution in [2.75, 3.05) is 19.6 Å². The van der Waals surface area contributed by atoms with Crippen molar-refractivity contribution in [1.29, 1.82) is 5.26 Å². The number of halogens is 3. The molecule has 17 heavy (non-hydrogen) atoms. The summed E-state index contributed by atoms with van der Waals surface area (Å²) in [6.45, 7) is 1.24. The molecule has 0 radical (unpaired) electrons. The summed E-state index contributed by atoms with van der Waals surface area (Å²) >= 11 is 0. The highest BCUT2D eigenvalue weighted by molar-refractivity contribution is 4.91. The average molecular weight is 250 g/mol. The van der Waals surface area contributed by atoms with E-state index < -0.39 is 11.8 Å². The fourth-order valence-electron chi connectivity index (χ4n) is 1.97. The van der Waals surface area contributed by atoms with Gasteiger partial charge in [0.25, 0.3) is 0 Å². The first kappa shape index (κ1) is 14.3. The fraction of sp³-hybridized carbons (Fsp3) is 0.909. The van der Waals surface area contributed by atoms with Crippen molar-refractivity contribution in [3.63, 3.8) is 0 Å². The molecule has 98 valence electrons. The molecule has 1 rings (SSSR count). The van der Waals surface area contributed by atoms with Gasteiger partial charge in [0.2, 0.25) is 0 Å². The van der Waals surface area contributed by atoms with Crippen molar-refractivity contribution < 1.29 is 18.3 Å². The van der Waals surface area contributed by atoms with E-state index in [2.05, 4.69) is 0 Å². The van der Waals surface area contributed by atoms with E-state index in [0.29, 0.717) is 13.0 Å². The van der Waals surface area contributed by atoms with Gasteiger partial charge in [0.05, 0.1) is 6.07 Å². The number of alkyl halides is 3. The minimum Gasteiger partial charge on any atom is -0.380 e. The third-order valence-electron chi connectivity index (χ3n) is 3.22. The Labute approximate surface area is 98.8 Å². The number of nitriles is 1. The Bertz CT molecular complexity index is 277. The number of aliphatic hydroxyl groups is 1. The van der Waals surface area contributed by atoms with Crippen LogP contribution in [0.3, 0.4) is 0 Å². The van der Waals surface area contributed by atoms with Crippen LogP contribution in [0, 0.1) is 11.3 Å². The van der Waals surface area contributed by atoms with Gasteiger partial charge in [-0.2, -0.15) is 18.4 Å². The summed E-state index contributed by atoms with van der Waals surface area (Å²) < 4.78 is 37.5. The maximum absolute atomic E-state index is 12.5. The number of likely N-dealkylation sites (tertiary alicyclic amines) is 1. The van der Waals surface area contributed by atoms with Crippen LogP contribution in [-0.2, 0) is 0 Å². The molecule has 0 aromatic heterocycles. The first-order valence-electron chi connectivity index (χ1n) is 5.77. The summed E-state index contributed by atoms with van der Waals surface area (Å²) in [6, 6.07) is 2.03. The lowest BCUT2D eigenvalue weighted by atomic mass is 9.90. The van der Waals surface area contributed by atoms with E-state index in [1.165, 1.54) is 0 Å². The van der Waals surface area contributed by atoms with Crippen molar-refractivity contribution in [1.82, 2.24) is 4.90 Å². The average Bonchev–Trinajstić information content (AvgIpc) is 2.25. The van der Waals surface area contributed by atoms with Crippen LogP contribution in [0.5, 0.6) is 0 Å². The van der Waals surface area contributed by atoms with E-state index in [4.69, 9.17) is 5.26 Å². The highest BCUT2D eigenvalue weighted by Crippen LogP contribution is 2.38. The third-order valence-corrected chi connectivity index (χ3v) is 3.22. The summed E-state index contributed by atoms with van der Waals surface area (Å²) in [5.41, 5.74) is -2.50. The summed E-state index contributed by atoms with van der Waals surface area (Å²) in [5, 5.41) is 17.8. The molecule has 1 aliphatic rings. The topological polar surface area (TPSA) is 47.3 Å². The molecule has 0 spiro atoms. The number of piperidine rings is 1. The first-order valence-corrected chi connectivity index (χ1v) is 5.77. The van der Waals surface area contributed by atoms with Crippen LogP contribution in [0.2, 0.25) is 0 Å². The highest BCUT2D eigenvalue weighted by Gasteiger charge is 2.54. The molecule has 0 saturated carbocycles. The van der Waals surface area contributed by atoms with Crippen molar-refractivity contribution in [3.05, 3.63) is 0 Å². The van der Waals surface area contributed by atoms with Gasteiger partial charge >= 0.3 is 6.18 Å². The Morgan fingerprint density at radius 3 is 2.29 bits per heavy atom. The maximum atomic E-state index is 12.5. The summed E-state index contributed by atoms with van der Waals surface area (Å²) in [5.74, 6) is 0. The van der Waals surface area contributed by atoms with Crippen LogP contribution in [-0.4, -0.2) is 41.4 Å². The Morgan fingerprint density at radius 2 is 1.82 bits per heavy atom. The van der Waals surface area contributed by atoms with E-state index in [0.717, 1.165) is 12.8 Å². The molecule has 1 fully saturated rings. The molecule has 0 unspecified atom stereocenters. The molecule has 1 aliphatic heterocycles. The van der Waals surface area contributed by atoms with Gasteiger partial charge in [0.1, 0.15) is 0 Å². The maximum Gasteiger partial charge on any atom is 0.417 e. The van der Waals surface area contributed by atoms with Crippen molar-refractivity contribution in [2.45, 2.75) is 43.9 Å². The van der Waals surface area contributed by atoms with Gasteiger partial charge in [0, 0.05) is 19.5 Å². The van der Waals surface area contributed by atoms with E-state index >= 15 is 0 Å². The molecule has 0 aromatic rings. The molecule has 1 heterocycles. The molecule has 6 heteroatoms. The quantitative estimate of drug-likeness (QED) is 0.777. The fourth-order valence-corrected chi connectivity index (χ4v) is 1.97. The van der Waals surface area contributed by atoms with Gasteiger partial charge in [-0.05, 0) is 32.2 Å². The molecule has 1 saturated heterocycles. The van der Waals surface area contributed by atoms with Gasteiger partial charge < -0.3 is 10.0 Å². The minimum absolute atomic E-state index is 0.255. The third kappa shape index (κ3) is 3.86. The number of hydrogen-bond donors (Lipinski definition) is 1. The zero-order chi connectivity index (χ0) is 12.9. The normalized spacial score (nSPS) is 21.1. The van der Waals surface area contributed by atoms with Crippen LogP contribution in [0.15, 0.2) is 0 Å². The smallest absolute Gasteiger partial charge is 0.380 e. The Balaban J connectivity index is 2.29. The van der Waals surface area contributed by atoms with Crippen molar-refractivity contribution >= 4 is 0 Å². The highest BCUT2D eigenvalue weighted by atomic mass is 19.4. The van der Waals surface area contributed by atoms with Crippen LogP contribution >= 0.6 is 0 Å². The monoisotopic (exact) mass is 250 g/mol. The molecular formula is C11H17F3N2O. The largest absolute Gasteiger partial charge is 0.417 e. The van der Waals surface area contributed by atoms with Crippen LogP contribution < -0.4 is 0 Å². The SMILES string of the molecule is N#CCCCCN1CCC(O)(C(F)(F)F)CC1.